The maximum absolute atomic E-state index is 12.4. The zero-order chi connectivity index (χ0) is 13.7. The van der Waals surface area contributed by atoms with E-state index in [-0.39, 0.29) is 16.4 Å². The largest absolute Gasteiger partial charge is 0.398 e. The Labute approximate surface area is 109 Å². The molecule has 1 aromatic rings. The van der Waals surface area contributed by atoms with Gasteiger partial charge in [-0.2, -0.15) is 0 Å². The summed E-state index contributed by atoms with van der Waals surface area (Å²) in [6.45, 7) is 7.77. The van der Waals surface area contributed by atoms with Crippen LogP contribution in [0.15, 0.2) is 17.0 Å². The van der Waals surface area contributed by atoms with Crippen molar-refractivity contribution in [3.05, 3.63) is 23.3 Å². The minimum absolute atomic E-state index is 0.0156. The minimum atomic E-state index is -3.53. The molecule has 0 radical (unpaired) electrons. The van der Waals surface area contributed by atoms with Crippen LogP contribution in [0, 0.1) is 19.3 Å². The van der Waals surface area contributed by atoms with Crippen molar-refractivity contribution in [2.24, 2.45) is 5.41 Å². The molecule has 5 heteroatoms. The van der Waals surface area contributed by atoms with Gasteiger partial charge in [0.1, 0.15) is 4.90 Å². The third kappa shape index (κ3) is 2.24. The van der Waals surface area contributed by atoms with Crippen molar-refractivity contribution in [2.45, 2.75) is 45.1 Å². The number of benzene rings is 1. The highest BCUT2D eigenvalue weighted by molar-refractivity contribution is 7.89. The Morgan fingerprint density at radius 3 is 2.39 bits per heavy atom. The summed E-state index contributed by atoms with van der Waals surface area (Å²) in [6.07, 6.45) is 0.872. The van der Waals surface area contributed by atoms with Crippen LogP contribution in [0.2, 0.25) is 0 Å². The average molecular weight is 268 g/mol. The third-order valence-corrected chi connectivity index (χ3v) is 5.46. The van der Waals surface area contributed by atoms with Crippen molar-refractivity contribution in [1.29, 1.82) is 0 Å². The topological polar surface area (TPSA) is 72.2 Å². The Morgan fingerprint density at radius 2 is 1.89 bits per heavy atom. The first-order chi connectivity index (χ1) is 8.15. The van der Waals surface area contributed by atoms with Crippen molar-refractivity contribution in [1.82, 2.24) is 4.72 Å². The van der Waals surface area contributed by atoms with E-state index in [1.54, 1.807) is 13.0 Å². The second kappa shape index (κ2) is 3.96. The highest BCUT2D eigenvalue weighted by Crippen LogP contribution is 2.45. The fourth-order valence-electron chi connectivity index (χ4n) is 2.08. The molecule has 1 aliphatic carbocycles. The molecule has 0 aromatic heterocycles. The fraction of sp³-hybridized carbons (Fsp3) is 0.538. The predicted octanol–water partition coefficient (Wildman–Crippen LogP) is 1.96. The lowest BCUT2D eigenvalue weighted by Gasteiger charge is -2.14. The summed E-state index contributed by atoms with van der Waals surface area (Å²) < 4.78 is 27.5. The van der Waals surface area contributed by atoms with Crippen molar-refractivity contribution >= 4 is 15.7 Å². The van der Waals surface area contributed by atoms with E-state index in [9.17, 15) is 8.42 Å². The normalized spacial score (nSPS) is 21.9. The molecule has 4 nitrogen and oxygen atoms in total. The van der Waals surface area contributed by atoms with Gasteiger partial charge in [-0.3, -0.25) is 0 Å². The Bertz CT molecular complexity index is 591. The summed E-state index contributed by atoms with van der Waals surface area (Å²) in [7, 11) is -3.53. The molecule has 100 valence electrons. The summed E-state index contributed by atoms with van der Waals surface area (Å²) in [5.41, 5.74) is 7.84. The van der Waals surface area contributed by atoms with Crippen LogP contribution >= 0.6 is 0 Å². The van der Waals surface area contributed by atoms with Gasteiger partial charge in [-0.1, -0.05) is 19.9 Å². The van der Waals surface area contributed by atoms with Crippen LogP contribution in [0.5, 0.6) is 0 Å². The van der Waals surface area contributed by atoms with Gasteiger partial charge in [0.25, 0.3) is 0 Å². The molecular formula is C13H20N2O2S. The van der Waals surface area contributed by atoms with E-state index in [4.69, 9.17) is 5.73 Å². The molecule has 1 aromatic carbocycles. The van der Waals surface area contributed by atoms with Gasteiger partial charge >= 0.3 is 0 Å². The van der Waals surface area contributed by atoms with Gasteiger partial charge in [-0.25, -0.2) is 13.1 Å². The molecule has 3 N–H and O–H groups in total. The summed E-state index contributed by atoms with van der Waals surface area (Å²) in [4.78, 5) is 0.227. The third-order valence-electron chi connectivity index (χ3n) is 3.79. The summed E-state index contributed by atoms with van der Waals surface area (Å²) in [6, 6.07) is 3.50. The Hall–Kier alpha value is -1.07. The number of nitrogen functional groups attached to an aromatic ring is 1. The molecule has 0 bridgehead atoms. The molecule has 1 atom stereocenters. The van der Waals surface area contributed by atoms with Crippen LogP contribution in [0.3, 0.4) is 0 Å². The van der Waals surface area contributed by atoms with Crippen LogP contribution < -0.4 is 10.5 Å². The van der Waals surface area contributed by atoms with Crippen LogP contribution in [0.4, 0.5) is 5.69 Å². The Balaban J connectivity index is 2.39. The van der Waals surface area contributed by atoms with Crippen molar-refractivity contribution in [3.63, 3.8) is 0 Å². The van der Waals surface area contributed by atoms with Crippen molar-refractivity contribution in [2.75, 3.05) is 5.73 Å². The lowest BCUT2D eigenvalue weighted by molar-refractivity contribution is 0.555. The first-order valence-electron chi connectivity index (χ1n) is 6.03. The second-order valence-electron chi connectivity index (χ2n) is 5.79. The van der Waals surface area contributed by atoms with Crippen molar-refractivity contribution in [3.8, 4) is 0 Å². The van der Waals surface area contributed by atoms with Crippen LogP contribution in [-0.2, 0) is 10.0 Å². The molecule has 1 fully saturated rings. The van der Waals surface area contributed by atoms with E-state index in [1.807, 2.05) is 26.8 Å². The molecule has 1 saturated carbocycles. The highest BCUT2D eigenvalue weighted by Gasteiger charge is 2.48. The van der Waals surface area contributed by atoms with Crippen LogP contribution in [-0.4, -0.2) is 14.5 Å². The van der Waals surface area contributed by atoms with Gasteiger partial charge in [0, 0.05) is 6.04 Å². The van der Waals surface area contributed by atoms with E-state index in [2.05, 4.69) is 4.72 Å². The Morgan fingerprint density at radius 1 is 1.33 bits per heavy atom. The first kappa shape index (κ1) is 13.4. The number of sulfonamides is 1. The first-order valence-corrected chi connectivity index (χ1v) is 7.51. The molecule has 0 aliphatic heterocycles. The molecule has 0 spiro atoms. The maximum atomic E-state index is 12.4. The number of hydrogen-bond donors (Lipinski definition) is 2. The van der Waals surface area contributed by atoms with E-state index in [1.165, 1.54) is 0 Å². The fourth-order valence-corrected chi connectivity index (χ4v) is 3.92. The molecule has 1 aliphatic rings. The molecule has 0 saturated heterocycles. The number of anilines is 1. The molecular weight excluding hydrogens is 248 g/mol. The Kier molecular flexibility index (Phi) is 2.94. The number of nitrogens with one attached hydrogen (secondary N) is 1. The zero-order valence-electron chi connectivity index (χ0n) is 11.2. The molecule has 0 heterocycles. The van der Waals surface area contributed by atoms with Gasteiger partial charge in [-0.15, -0.1) is 0 Å². The summed E-state index contributed by atoms with van der Waals surface area (Å²) in [5.74, 6) is 0. The SMILES string of the molecule is Cc1ccc(N)c(S(=O)(=O)NC2CC2(C)C)c1C. The minimum Gasteiger partial charge on any atom is -0.398 e. The molecule has 18 heavy (non-hydrogen) atoms. The monoisotopic (exact) mass is 268 g/mol. The van der Waals surface area contributed by atoms with E-state index >= 15 is 0 Å². The van der Waals surface area contributed by atoms with Gasteiger partial charge in [-0.05, 0) is 42.9 Å². The molecule has 0 amide bonds. The smallest absolute Gasteiger partial charge is 0.243 e. The average Bonchev–Trinajstić information content (AvgIpc) is 2.79. The van der Waals surface area contributed by atoms with Crippen LogP contribution in [0.1, 0.15) is 31.4 Å². The van der Waals surface area contributed by atoms with Crippen LogP contribution in [0.25, 0.3) is 0 Å². The second-order valence-corrected chi connectivity index (χ2v) is 7.44. The van der Waals surface area contributed by atoms with Gasteiger partial charge in [0.2, 0.25) is 10.0 Å². The number of rotatable bonds is 3. The van der Waals surface area contributed by atoms with Crippen molar-refractivity contribution < 1.29 is 8.42 Å². The number of aryl methyl sites for hydroxylation is 1. The van der Waals surface area contributed by atoms with E-state index in [0.29, 0.717) is 5.69 Å². The zero-order valence-corrected chi connectivity index (χ0v) is 12.1. The van der Waals surface area contributed by atoms with Gasteiger partial charge in [0.15, 0.2) is 0 Å². The van der Waals surface area contributed by atoms with E-state index < -0.39 is 10.0 Å². The quantitative estimate of drug-likeness (QED) is 0.823. The van der Waals surface area contributed by atoms with E-state index in [0.717, 1.165) is 17.5 Å². The standard InChI is InChI=1S/C13H20N2O2S/c1-8-5-6-10(14)12(9(8)2)18(16,17)15-11-7-13(11,3)4/h5-6,11,15H,7,14H2,1-4H3. The molecule has 1 unspecified atom stereocenters. The highest BCUT2D eigenvalue weighted by atomic mass is 32.2. The maximum Gasteiger partial charge on any atom is 0.243 e. The predicted molar refractivity (Wildman–Crippen MR) is 72.8 cm³/mol. The number of nitrogens with two attached hydrogens (primary N) is 1. The number of hydrogen-bond acceptors (Lipinski definition) is 3. The lowest BCUT2D eigenvalue weighted by atomic mass is 10.1. The summed E-state index contributed by atoms with van der Waals surface area (Å²) >= 11 is 0. The lowest BCUT2D eigenvalue weighted by Crippen LogP contribution is -2.30. The van der Waals surface area contributed by atoms with Gasteiger partial charge in [0.05, 0.1) is 5.69 Å². The molecule has 2 rings (SSSR count). The van der Waals surface area contributed by atoms with Gasteiger partial charge < -0.3 is 5.73 Å². The summed E-state index contributed by atoms with van der Waals surface area (Å²) in [5, 5.41) is 0.